The number of nitro groups is 1. The van der Waals surface area contributed by atoms with Crippen LogP contribution >= 0.6 is 0 Å². The molecular weight excluding hydrogens is 604 g/mol. The molecule has 0 bridgehead atoms. The Bertz CT molecular complexity index is 1630. The van der Waals surface area contributed by atoms with E-state index in [1.807, 2.05) is 30.3 Å². The van der Waals surface area contributed by atoms with Crippen molar-refractivity contribution in [2.45, 2.75) is 92.0 Å². The maximum atomic E-state index is 13.4. The van der Waals surface area contributed by atoms with Crippen molar-refractivity contribution >= 4 is 29.5 Å². The summed E-state index contributed by atoms with van der Waals surface area (Å²) in [5, 5.41) is 14.0. The number of rotatable bonds is 9. The Hall–Kier alpha value is -5.13. The minimum Gasteiger partial charge on any atom is -0.479 e. The van der Waals surface area contributed by atoms with Crippen molar-refractivity contribution in [3.05, 3.63) is 99.1 Å². The Morgan fingerprint density at radius 1 is 0.787 bits per heavy atom. The van der Waals surface area contributed by atoms with Crippen molar-refractivity contribution in [1.29, 1.82) is 0 Å². The lowest BCUT2D eigenvalue weighted by molar-refractivity contribution is -0.384. The second-order valence-electron chi connectivity index (χ2n) is 13.5. The molecule has 3 aromatic rings. The molecule has 0 aliphatic carbocycles. The average molecular weight is 647 g/mol. The zero-order valence-electron chi connectivity index (χ0n) is 27.9. The minimum absolute atomic E-state index is 0.0390. The number of carbonyl (C=O) groups excluding carboxylic acids is 3. The molecule has 1 atom stereocenters. The zero-order valence-corrected chi connectivity index (χ0v) is 27.9. The molecule has 0 aromatic heterocycles. The highest BCUT2D eigenvalue weighted by atomic mass is 16.6. The van der Waals surface area contributed by atoms with Crippen LogP contribution in [0.2, 0.25) is 0 Å². The summed E-state index contributed by atoms with van der Waals surface area (Å²) >= 11 is 0. The SMILES string of the molecule is CC1Oc2ccc(CN(Cc3cccc(CN(Cc4ccc([N+](=O)[O-])cc4)C(=O)OC(C)(C)C)c3)C(=O)OC(C)(C)C)cc2NC1=O. The van der Waals surface area contributed by atoms with Gasteiger partial charge < -0.3 is 19.5 Å². The van der Waals surface area contributed by atoms with Gasteiger partial charge in [0.05, 0.1) is 10.6 Å². The molecule has 47 heavy (non-hydrogen) atoms. The summed E-state index contributed by atoms with van der Waals surface area (Å²) in [4.78, 5) is 52.6. The second-order valence-corrected chi connectivity index (χ2v) is 13.5. The summed E-state index contributed by atoms with van der Waals surface area (Å²) in [7, 11) is 0. The number of nitrogens with one attached hydrogen (secondary N) is 1. The summed E-state index contributed by atoms with van der Waals surface area (Å²) in [6.45, 7) is 13.2. The van der Waals surface area contributed by atoms with Gasteiger partial charge in [-0.25, -0.2) is 9.59 Å². The molecule has 12 heteroatoms. The fourth-order valence-corrected chi connectivity index (χ4v) is 4.81. The van der Waals surface area contributed by atoms with Gasteiger partial charge in [-0.1, -0.05) is 42.5 Å². The maximum Gasteiger partial charge on any atom is 0.410 e. The highest BCUT2D eigenvalue weighted by Crippen LogP contribution is 2.31. The molecule has 1 aliphatic rings. The van der Waals surface area contributed by atoms with Gasteiger partial charge in [0, 0.05) is 38.3 Å². The molecule has 1 aliphatic heterocycles. The van der Waals surface area contributed by atoms with Crippen molar-refractivity contribution in [1.82, 2.24) is 9.80 Å². The number of fused-ring (bicyclic) bond motifs is 1. The van der Waals surface area contributed by atoms with Crippen LogP contribution in [0.5, 0.6) is 5.75 Å². The van der Waals surface area contributed by atoms with E-state index in [2.05, 4.69) is 5.32 Å². The first-order valence-electron chi connectivity index (χ1n) is 15.3. The van der Waals surface area contributed by atoms with Crippen LogP contribution in [0.1, 0.15) is 70.7 Å². The number of hydrogen-bond acceptors (Lipinski definition) is 8. The average Bonchev–Trinajstić information content (AvgIpc) is 2.96. The normalized spacial score (nSPS) is 14.3. The second kappa shape index (κ2) is 14.1. The molecule has 250 valence electrons. The Kier molecular flexibility index (Phi) is 10.4. The summed E-state index contributed by atoms with van der Waals surface area (Å²) in [5.41, 5.74) is 2.10. The van der Waals surface area contributed by atoms with E-state index < -0.39 is 34.4 Å². The van der Waals surface area contributed by atoms with Gasteiger partial charge in [0.25, 0.3) is 11.6 Å². The van der Waals surface area contributed by atoms with E-state index in [0.717, 1.165) is 16.7 Å². The van der Waals surface area contributed by atoms with Crippen LogP contribution in [0.3, 0.4) is 0 Å². The molecule has 0 radical (unpaired) electrons. The number of non-ortho nitro benzene ring substituents is 1. The molecule has 1 N–H and O–H groups in total. The van der Waals surface area contributed by atoms with Crippen molar-refractivity contribution < 1.29 is 33.5 Å². The van der Waals surface area contributed by atoms with Crippen LogP contribution < -0.4 is 10.1 Å². The van der Waals surface area contributed by atoms with Crippen molar-refractivity contribution in [3.8, 4) is 5.75 Å². The fourth-order valence-electron chi connectivity index (χ4n) is 4.81. The van der Waals surface area contributed by atoms with Crippen molar-refractivity contribution in [2.75, 3.05) is 5.32 Å². The highest BCUT2D eigenvalue weighted by molar-refractivity contribution is 5.97. The van der Waals surface area contributed by atoms with E-state index in [-0.39, 0.29) is 37.8 Å². The number of amides is 3. The van der Waals surface area contributed by atoms with E-state index in [4.69, 9.17) is 14.2 Å². The number of benzene rings is 3. The molecule has 4 rings (SSSR count). The molecule has 0 fully saturated rings. The van der Waals surface area contributed by atoms with Gasteiger partial charge in [-0.2, -0.15) is 0 Å². The van der Waals surface area contributed by atoms with Gasteiger partial charge in [0.2, 0.25) is 0 Å². The quantitative estimate of drug-likeness (QED) is 0.190. The van der Waals surface area contributed by atoms with Gasteiger partial charge in [0.1, 0.15) is 17.0 Å². The topological polar surface area (TPSA) is 141 Å². The van der Waals surface area contributed by atoms with E-state index >= 15 is 0 Å². The van der Waals surface area contributed by atoms with E-state index in [1.54, 1.807) is 77.6 Å². The van der Waals surface area contributed by atoms with Gasteiger partial charge in [0.15, 0.2) is 6.10 Å². The Labute approximate surface area is 274 Å². The number of carbonyl (C=O) groups is 3. The molecule has 0 saturated carbocycles. The Morgan fingerprint density at radius 3 is 1.74 bits per heavy atom. The smallest absolute Gasteiger partial charge is 0.410 e. The van der Waals surface area contributed by atoms with Gasteiger partial charge in [-0.3, -0.25) is 24.7 Å². The molecular formula is C35H42N4O8. The van der Waals surface area contributed by atoms with Crippen molar-refractivity contribution in [3.63, 3.8) is 0 Å². The zero-order chi connectivity index (χ0) is 34.5. The third-order valence-corrected chi connectivity index (χ3v) is 6.91. The molecule has 1 heterocycles. The monoisotopic (exact) mass is 646 g/mol. The first kappa shape index (κ1) is 34.7. The Morgan fingerprint density at radius 2 is 1.26 bits per heavy atom. The van der Waals surface area contributed by atoms with E-state index in [1.165, 1.54) is 17.0 Å². The number of nitro benzene ring substituents is 1. The molecule has 1 unspecified atom stereocenters. The highest BCUT2D eigenvalue weighted by Gasteiger charge is 2.27. The van der Waals surface area contributed by atoms with Crippen LogP contribution in [0.15, 0.2) is 66.7 Å². The third kappa shape index (κ3) is 10.2. The van der Waals surface area contributed by atoms with Crippen molar-refractivity contribution in [2.24, 2.45) is 0 Å². The molecule has 0 spiro atoms. The number of ether oxygens (including phenoxy) is 3. The standard InChI is InChI=1S/C35H42N4O8/c1-23-31(40)36-29-18-27(13-16-30(29)45-23)22-38(33(42)47-35(5,6)7)21-26-10-8-9-25(17-26)20-37(32(41)46-34(2,3)4)19-24-11-14-28(15-12-24)39(43)44/h8-18,23H,19-22H2,1-7H3,(H,36,40). The lowest BCUT2D eigenvalue weighted by Crippen LogP contribution is -2.37. The molecule has 3 aromatic carbocycles. The van der Waals surface area contributed by atoms with Gasteiger partial charge >= 0.3 is 12.2 Å². The fraction of sp³-hybridized carbons (Fsp3) is 0.400. The molecule has 0 saturated heterocycles. The summed E-state index contributed by atoms with van der Waals surface area (Å²) < 4.78 is 17.1. The van der Waals surface area contributed by atoms with Crippen LogP contribution in [-0.2, 0) is 40.4 Å². The summed E-state index contributed by atoms with van der Waals surface area (Å²) in [6.07, 6.45) is -1.64. The van der Waals surface area contributed by atoms with Crippen LogP contribution in [-0.4, -0.2) is 50.1 Å². The van der Waals surface area contributed by atoms with E-state index in [9.17, 15) is 24.5 Å². The van der Waals surface area contributed by atoms with Crippen LogP contribution in [0, 0.1) is 10.1 Å². The Balaban J connectivity index is 1.57. The lowest BCUT2D eigenvalue weighted by atomic mass is 10.1. The first-order valence-corrected chi connectivity index (χ1v) is 15.3. The molecule has 3 amide bonds. The number of hydrogen-bond donors (Lipinski definition) is 1. The molecule has 12 nitrogen and oxygen atoms in total. The number of nitrogens with zero attached hydrogens (tertiary/aromatic N) is 3. The number of anilines is 1. The maximum absolute atomic E-state index is 13.4. The predicted molar refractivity (Wildman–Crippen MR) is 176 cm³/mol. The minimum atomic E-state index is -0.732. The van der Waals surface area contributed by atoms with Crippen LogP contribution in [0.4, 0.5) is 21.0 Å². The third-order valence-electron chi connectivity index (χ3n) is 6.91. The largest absolute Gasteiger partial charge is 0.479 e. The van der Waals surface area contributed by atoms with Gasteiger partial charge in [-0.15, -0.1) is 0 Å². The van der Waals surface area contributed by atoms with Gasteiger partial charge in [-0.05, 0) is 82.9 Å². The van der Waals surface area contributed by atoms with Crippen LogP contribution in [0.25, 0.3) is 0 Å². The predicted octanol–water partition coefficient (Wildman–Crippen LogP) is 7.19. The summed E-state index contributed by atoms with van der Waals surface area (Å²) in [6, 6.07) is 18.9. The first-order chi connectivity index (χ1) is 22.0. The van der Waals surface area contributed by atoms with E-state index in [0.29, 0.717) is 17.0 Å². The lowest BCUT2D eigenvalue weighted by Gasteiger charge is -2.29. The summed E-state index contributed by atoms with van der Waals surface area (Å²) in [5.74, 6) is 0.310.